The van der Waals surface area contributed by atoms with Crippen LogP contribution in [0.5, 0.6) is 0 Å². The summed E-state index contributed by atoms with van der Waals surface area (Å²) in [6, 6.07) is 11.9. The average molecular weight is 336 g/mol. The van der Waals surface area contributed by atoms with Crippen LogP contribution in [0, 0.1) is 12.7 Å². The third-order valence-corrected chi connectivity index (χ3v) is 4.24. The molecule has 2 aromatic rings. The second-order valence-electron chi connectivity index (χ2n) is 5.84. The minimum atomic E-state index is -0.428. The fraction of sp³-hybridized carbons (Fsp3) is 0.278. The summed E-state index contributed by atoms with van der Waals surface area (Å²) in [7, 11) is 1.97. The lowest BCUT2D eigenvalue weighted by atomic mass is 10.1. The molecule has 0 spiro atoms. The first kappa shape index (κ1) is 17.4. The van der Waals surface area contributed by atoms with Gasteiger partial charge in [0.05, 0.1) is 17.8 Å². The molecule has 0 saturated carbocycles. The molecule has 0 fully saturated rings. The molecule has 2 atom stereocenters. The third kappa shape index (κ3) is 4.78. The molecule has 122 valence electrons. The van der Waals surface area contributed by atoms with Crippen molar-refractivity contribution >= 4 is 23.2 Å². The predicted molar refractivity (Wildman–Crippen MR) is 91.3 cm³/mol. The summed E-state index contributed by atoms with van der Waals surface area (Å²) >= 11 is 5.94. The number of rotatable bonds is 5. The molecule has 5 heteroatoms. The maximum Gasteiger partial charge on any atom is 0.282 e. The molecule has 0 aromatic heterocycles. The highest BCUT2D eigenvalue weighted by Gasteiger charge is 2.22. The van der Waals surface area contributed by atoms with Gasteiger partial charge in [-0.3, -0.25) is 4.79 Å². The number of aryl methyl sites for hydroxylation is 1. The molecule has 0 radical (unpaired) electrons. The summed E-state index contributed by atoms with van der Waals surface area (Å²) in [6.45, 7) is 4.64. The second kappa shape index (κ2) is 7.57. The van der Waals surface area contributed by atoms with Crippen molar-refractivity contribution < 1.29 is 14.1 Å². The Kier molecular flexibility index (Phi) is 5.74. The van der Waals surface area contributed by atoms with Crippen LogP contribution < -0.4 is 10.2 Å². The zero-order chi connectivity index (χ0) is 17.0. The summed E-state index contributed by atoms with van der Waals surface area (Å²) in [5.74, 6) is -0.578. The molecule has 0 aliphatic rings. The molecule has 1 unspecified atom stereocenters. The number of halogens is 2. The molecule has 0 aliphatic heterocycles. The number of quaternary nitrogens is 1. The number of hydrogen-bond acceptors (Lipinski definition) is 1. The quantitative estimate of drug-likeness (QED) is 0.865. The molecule has 0 saturated heterocycles. The zero-order valence-electron chi connectivity index (χ0n) is 13.5. The van der Waals surface area contributed by atoms with Gasteiger partial charge in [-0.1, -0.05) is 41.4 Å². The number of nitrogens with one attached hydrogen (secondary N) is 2. The summed E-state index contributed by atoms with van der Waals surface area (Å²) < 4.78 is 13.0. The van der Waals surface area contributed by atoms with E-state index in [2.05, 4.69) is 29.6 Å². The minimum Gasteiger partial charge on any atom is -0.324 e. The lowest BCUT2D eigenvalue weighted by Crippen LogP contribution is -3.12. The van der Waals surface area contributed by atoms with Crippen molar-refractivity contribution in [1.82, 2.24) is 0 Å². The van der Waals surface area contributed by atoms with Crippen LogP contribution in [0.25, 0.3) is 0 Å². The van der Waals surface area contributed by atoms with E-state index >= 15 is 0 Å². The standard InChI is InChI=1S/C18H20ClFN2O/c1-12-4-6-14(7-5-12)11-22(3)13(2)18(23)21-17-9-8-15(20)10-16(17)19/h4-10,13H,11H2,1-3H3,(H,21,23)/p+1/t13-/m1/s1. The largest absolute Gasteiger partial charge is 0.324 e. The summed E-state index contributed by atoms with van der Waals surface area (Å²) in [6.07, 6.45) is 0. The molecule has 2 rings (SSSR count). The highest BCUT2D eigenvalue weighted by atomic mass is 35.5. The van der Waals surface area contributed by atoms with Crippen LogP contribution in [0.2, 0.25) is 5.02 Å². The number of benzene rings is 2. The monoisotopic (exact) mass is 335 g/mol. The van der Waals surface area contributed by atoms with Gasteiger partial charge in [-0.15, -0.1) is 0 Å². The third-order valence-electron chi connectivity index (χ3n) is 3.93. The molecule has 3 nitrogen and oxygen atoms in total. The van der Waals surface area contributed by atoms with E-state index in [-0.39, 0.29) is 17.0 Å². The summed E-state index contributed by atoms with van der Waals surface area (Å²) in [5.41, 5.74) is 2.81. The van der Waals surface area contributed by atoms with E-state index in [0.29, 0.717) is 5.69 Å². The van der Waals surface area contributed by atoms with Gasteiger partial charge in [0.1, 0.15) is 12.4 Å². The molecule has 23 heavy (non-hydrogen) atoms. The van der Waals surface area contributed by atoms with Crippen LogP contribution in [0.15, 0.2) is 42.5 Å². The Hall–Kier alpha value is -1.91. The fourth-order valence-electron chi connectivity index (χ4n) is 2.24. The average Bonchev–Trinajstić information content (AvgIpc) is 2.51. The van der Waals surface area contributed by atoms with Gasteiger partial charge in [0.2, 0.25) is 0 Å². The van der Waals surface area contributed by atoms with Crippen LogP contribution in [0.3, 0.4) is 0 Å². The van der Waals surface area contributed by atoms with Crippen LogP contribution in [0.4, 0.5) is 10.1 Å². The Balaban J connectivity index is 1.99. The van der Waals surface area contributed by atoms with Crippen molar-refractivity contribution in [3.8, 4) is 0 Å². The normalized spacial score (nSPS) is 13.4. The van der Waals surface area contributed by atoms with Gasteiger partial charge in [-0.25, -0.2) is 4.39 Å². The molecule has 0 bridgehead atoms. The van der Waals surface area contributed by atoms with E-state index in [1.165, 1.54) is 29.3 Å². The molecule has 0 aliphatic carbocycles. The molecule has 2 aromatic carbocycles. The van der Waals surface area contributed by atoms with Crippen LogP contribution in [-0.4, -0.2) is 19.0 Å². The number of carbonyl (C=O) groups is 1. The molecule has 0 heterocycles. The second-order valence-corrected chi connectivity index (χ2v) is 6.25. The molecule has 1 amide bonds. The van der Waals surface area contributed by atoms with Gasteiger partial charge in [-0.2, -0.15) is 0 Å². The number of likely N-dealkylation sites (N-methyl/N-ethyl adjacent to an activating group) is 1. The van der Waals surface area contributed by atoms with Crippen molar-refractivity contribution in [3.63, 3.8) is 0 Å². The van der Waals surface area contributed by atoms with Crippen molar-refractivity contribution in [2.75, 3.05) is 12.4 Å². The van der Waals surface area contributed by atoms with Crippen LogP contribution in [-0.2, 0) is 11.3 Å². The van der Waals surface area contributed by atoms with Crippen molar-refractivity contribution in [1.29, 1.82) is 0 Å². The maximum absolute atomic E-state index is 13.0. The number of amides is 1. The van der Waals surface area contributed by atoms with E-state index in [4.69, 9.17) is 11.6 Å². The Bertz CT molecular complexity index is 688. The summed E-state index contributed by atoms with van der Waals surface area (Å²) in [5, 5.41) is 2.95. The highest BCUT2D eigenvalue weighted by Crippen LogP contribution is 2.22. The molecular formula is C18H21ClFN2O+. The first-order valence-electron chi connectivity index (χ1n) is 7.50. The van der Waals surface area contributed by atoms with Gasteiger partial charge < -0.3 is 10.2 Å². The topological polar surface area (TPSA) is 33.5 Å². The van der Waals surface area contributed by atoms with Crippen molar-refractivity contribution in [3.05, 3.63) is 64.4 Å². The Morgan fingerprint density at radius 3 is 2.52 bits per heavy atom. The first-order chi connectivity index (χ1) is 10.9. The van der Waals surface area contributed by atoms with E-state index in [0.717, 1.165) is 11.4 Å². The Labute approximate surface area is 141 Å². The van der Waals surface area contributed by atoms with E-state index in [9.17, 15) is 9.18 Å². The smallest absolute Gasteiger partial charge is 0.282 e. The van der Waals surface area contributed by atoms with E-state index in [1.54, 1.807) is 0 Å². The fourth-order valence-corrected chi connectivity index (χ4v) is 2.45. The van der Waals surface area contributed by atoms with Crippen LogP contribution >= 0.6 is 11.6 Å². The lowest BCUT2D eigenvalue weighted by Gasteiger charge is -2.21. The van der Waals surface area contributed by atoms with E-state index < -0.39 is 5.82 Å². The maximum atomic E-state index is 13.0. The van der Waals surface area contributed by atoms with E-state index in [1.807, 2.05) is 20.9 Å². The van der Waals surface area contributed by atoms with Gasteiger partial charge in [0, 0.05) is 5.56 Å². The number of carbonyl (C=O) groups excluding carboxylic acids is 1. The van der Waals surface area contributed by atoms with Gasteiger partial charge in [-0.05, 0) is 32.0 Å². The predicted octanol–water partition coefficient (Wildman–Crippen LogP) is 2.83. The first-order valence-corrected chi connectivity index (χ1v) is 7.88. The Morgan fingerprint density at radius 1 is 1.26 bits per heavy atom. The lowest BCUT2D eigenvalue weighted by molar-refractivity contribution is -0.907. The van der Waals surface area contributed by atoms with Crippen molar-refractivity contribution in [2.45, 2.75) is 26.4 Å². The zero-order valence-corrected chi connectivity index (χ0v) is 14.2. The van der Waals surface area contributed by atoms with Gasteiger partial charge in [0.25, 0.3) is 5.91 Å². The number of anilines is 1. The molecular weight excluding hydrogens is 315 g/mol. The minimum absolute atomic E-state index is 0.150. The Morgan fingerprint density at radius 2 is 1.91 bits per heavy atom. The van der Waals surface area contributed by atoms with Crippen LogP contribution in [0.1, 0.15) is 18.1 Å². The van der Waals surface area contributed by atoms with Gasteiger partial charge >= 0.3 is 0 Å². The summed E-state index contributed by atoms with van der Waals surface area (Å²) in [4.78, 5) is 13.4. The number of hydrogen-bond donors (Lipinski definition) is 2. The highest BCUT2D eigenvalue weighted by molar-refractivity contribution is 6.33. The van der Waals surface area contributed by atoms with Crippen molar-refractivity contribution in [2.24, 2.45) is 0 Å². The SMILES string of the molecule is Cc1ccc(C[NH+](C)[C@H](C)C(=O)Nc2ccc(F)cc2Cl)cc1. The van der Waals surface area contributed by atoms with Gasteiger partial charge in [0.15, 0.2) is 6.04 Å². The molecule has 2 N–H and O–H groups in total.